The SMILES string of the molecule is CSc1nc2nc(C)c(CC(=O)OCC(=O)Nc3cccc(F)c3)c(C)n2n1. The number of anilines is 1. The Morgan fingerprint density at radius 1 is 1.29 bits per heavy atom. The number of halogens is 1. The van der Waals surface area contributed by atoms with Gasteiger partial charge in [0.25, 0.3) is 11.7 Å². The molecule has 10 heteroatoms. The maximum absolute atomic E-state index is 13.1. The second-order valence-electron chi connectivity index (χ2n) is 5.97. The largest absolute Gasteiger partial charge is 0.455 e. The number of thioether (sulfide) groups is 1. The van der Waals surface area contributed by atoms with Crippen LogP contribution in [0.4, 0.5) is 10.1 Å². The van der Waals surface area contributed by atoms with E-state index in [9.17, 15) is 14.0 Å². The van der Waals surface area contributed by atoms with E-state index in [1.54, 1.807) is 11.4 Å². The van der Waals surface area contributed by atoms with Gasteiger partial charge in [-0.25, -0.2) is 13.9 Å². The van der Waals surface area contributed by atoms with Gasteiger partial charge in [-0.15, -0.1) is 5.10 Å². The number of amides is 1. The van der Waals surface area contributed by atoms with Gasteiger partial charge in [-0.2, -0.15) is 4.98 Å². The fraction of sp³-hybridized carbons (Fsp3) is 0.278. The van der Waals surface area contributed by atoms with Gasteiger partial charge in [0, 0.05) is 22.6 Å². The summed E-state index contributed by atoms with van der Waals surface area (Å²) in [7, 11) is 0. The number of aryl methyl sites for hydroxylation is 2. The van der Waals surface area contributed by atoms with Crippen LogP contribution in [0.1, 0.15) is 17.0 Å². The topological polar surface area (TPSA) is 98.5 Å². The maximum atomic E-state index is 13.1. The molecule has 0 aliphatic carbocycles. The van der Waals surface area contributed by atoms with Crippen molar-refractivity contribution in [2.75, 3.05) is 18.2 Å². The lowest BCUT2D eigenvalue weighted by atomic mass is 10.1. The first kappa shape index (κ1) is 19.7. The molecule has 2 heterocycles. The van der Waals surface area contributed by atoms with E-state index in [1.165, 1.54) is 36.0 Å². The van der Waals surface area contributed by atoms with Gasteiger partial charge < -0.3 is 10.1 Å². The monoisotopic (exact) mass is 403 g/mol. The van der Waals surface area contributed by atoms with Crippen LogP contribution in [0.15, 0.2) is 29.4 Å². The molecule has 2 aromatic heterocycles. The van der Waals surface area contributed by atoms with E-state index in [-0.39, 0.29) is 12.1 Å². The number of carbonyl (C=O) groups is 2. The molecule has 0 fully saturated rings. The van der Waals surface area contributed by atoms with Crippen molar-refractivity contribution in [1.29, 1.82) is 0 Å². The first-order chi connectivity index (χ1) is 13.4. The van der Waals surface area contributed by atoms with Crippen molar-refractivity contribution in [2.24, 2.45) is 0 Å². The van der Waals surface area contributed by atoms with Gasteiger partial charge >= 0.3 is 5.97 Å². The van der Waals surface area contributed by atoms with E-state index in [0.29, 0.717) is 22.2 Å². The average molecular weight is 403 g/mol. The molecule has 0 atom stereocenters. The van der Waals surface area contributed by atoms with E-state index in [2.05, 4.69) is 20.4 Å². The summed E-state index contributed by atoms with van der Waals surface area (Å²) in [6.07, 6.45) is 1.81. The van der Waals surface area contributed by atoms with E-state index in [4.69, 9.17) is 4.74 Å². The Hall–Kier alpha value is -3.01. The minimum Gasteiger partial charge on any atom is -0.455 e. The third-order valence-corrected chi connectivity index (χ3v) is 4.54. The number of hydrogen-bond acceptors (Lipinski definition) is 7. The molecule has 0 saturated heterocycles. The van der Waals surface area contributed by atoms with Crippen molar-refractivity contribution in [3.63, 3.8) is 0 Å². The lowest BCUT2D eigenvalue weighted by Gasteiger charge is -2.10. The summed E-state index contributed by atoms with van der Waals surface area (Å²) >= 11 is 1.40. The average Bonchev–Trinajstić information content (AvgIpc) is 3.07. The van der Waals surface area contributed by atoms with E-state index in [1.807, 2.05) is 13.2 Å². The molecule has 0 bridgehead atoms. The van der Waals surface area contributed by atoms with E-state index >= 15 is 0 Å². The minimum atomic E-state index is -0.577. The molecule has 0 spiro atoms. The smallest absolute Gasteiger partial charge is 0.310 e. The third-order valence-electron chi connectivity index (χ3n) is 4.01. The zero-order chi connectivity index (χ0) is 20.3. The summed E-state index contributed by atoms with van der Waals surface area (Å²) in [6, 6.07) is 5.45. The molecule has 1 N–H and O–H groups in total. The van der Waals surface area contributed by atoms with E-state index in [0.717, 1.165) is 5.69 Å². The summed E-state index contributed by atoms with van der Waals surface area (Å²) in [5.74, 6) is -1.14. The number of esters is 1. The number of fused-ring (bicyclic) bond motifs is 1. The Bertz CT molecular complexity index is 1050. The normalized spacial score (nSPS) is 10.9. The summed E-state index contributed by atoms with van der Waals surface area (Å²) in [5, 5.41) is 7.38. The summed E-state index contributed by atoms with van der Waals surface area (Å²) in [6.45, 7) is 3.13. The van der Waals surface area contributed by atoms with Gasteiger partial charge in [-0.3, -0.25) is 9.59 Å². The lowest BCUT2D eigenvalue weighted by molar-refractivity contribution is -0.146. The second-order valence-corrected chi connectivity index (χ2v) is 6.74. The van der Waals surface area contributed by atoms with Crippen LogP contribution >= 0.6 is 11.8 Å². The van der Waals surface area contributed by atoms with Gasteiger partial charge in [0.1, 0.15) is 5.82 Å². The molecule has 3 rings (SSSR count). The van der Waals surface area contributed by atoms with Crippen LogP contribution in [0.25, 0.3) is 5.78 Å². The van der Waals surface area contributed by atoms with Gasteiger partial charge in [0.2, 0.25) is 5.16 Å². The Labute approximate surface area is 164 Å². The third kappa shape index (κ3) is 4.45. The minimum absolute atomic E-state index is 0.0533. The molecule has 146 valence electrons. The van der Waals surface area contributed by atoms with Crippen molar-refractivity contribution in [3.8, 4) is 0 Å². The predicted molar refractivity (Wildman–Crippen MR) is 102 cm³/mol. The predicted octanol–water partition coefficient (Wildman–Crippen LogP) is 2.33. The fourth-order valence-corrected chi connectivity index (χ4v) is 2.97. The molecule has 0 aliphatic rings. The molecular formula is C18H18FN5O3S. The van der Waals surface area contributed by atoms with Crippen LogP contribution in [0.2, 0.25) is 0 Å². The number of hydrogen-bond donors (Lipinski definition) is 1. The molecular weight excluding hydrogens is 385 g/mol. The Morgan fingerprint density at radius 2 is 2.07 bits per heavy atom. The quantitative estimate of drug-likeness (QED) is 0.498. The maximum Gasteiger partial charge on any atom is 0.310 e. The Kier molecular flexibility index (Phi) is 5.88. The van der Waals surface area contributed by atoms with Crippen LogP contribution in [-0.2, 0) is 20.7 Å². The molecule has 0 aliphatic heterocycles. The molecule has 3 aromatic rings. The van der Waals surface area contributed by atoms with Crippen molar-refractivity contribution in [3.05, 3.63) is 47.0 Å². The second kappa shape index (κ2) is 8.34. The van der Waals surface area contributed by atoms with Crippen molar-refractivity contribution in [1.82, 2.24) is 19.6 Å². The first-order valence-electron chi connectivity index (χ1n) is 8.35. The highest BCUT2D eigenvalue weighted by molar-refractivity contribution is 7.98. The molecule has 1 aromatic carbocycles. The van der Waals surface area contributed by atoms with Crippen molar-refractivity contribution < 1.29 is 18.7 Å². The Balaban J connectivity index is 1.63. The van der Waals surface area contributed by atoms with Crippen LogP contribution in [0.3, 0.4) is 0 Å². The number of rotatable bonds is 6. The van der Waals surface area contributed by atoms with Gasteiger partial charge in [0.15, 0.2) is 6.61 Å². The van der Waals surface area contributed by atoms with Crippen molar-refractivity contribution >= 4 is 35.1 Å². The Morgan fingerprint density at radius 3 is 2.79 bits per heavy atom. The zero-order valence-electron chi connectivity index (χ0n) is 15.5. The zero-order valence-corrected chi connectivity index (χ0v) is 16.3. The highest BCUT2D eigenvalue weighted by atomic mass is 32.2. The molecule has 0 unspecified atom stereocenters. The molecule has 8 nitrogen and oxygen atoms in total. The van der Waals surface area contributed by atoms with Crippen LogP contribution in [-0.4, -0.2) is 44.3 Å². The van der Waals surface area contributed by atoms with Gasteiger partial charge in [-0.05, 0) is 38.3 Å². The number of benzene rings is 1. The summed E-state index contributed by atoms with van der Waals surface area (Å²) < 4.78 is 19.7. The van der Waals surface area contributed by atoms with Crippen molar-refractivity contribution in [2.45, 2.75) is 25.4 Å². The number of ether oxygens (including phenoxy) is 1. The summed E-state index contributed by atoms with van der Waals surface area (Å²) in [4.78, 5) is 32.7. The highest BCUT2D eigenvalue weighted by Gasteiger charge is 2.17. The molecule has 1 amide bonds. The fourth-order valence-electron chi connectivity index (χ4n) is 2.64. The van der Waals surface area contributed by atoms with Crippen LogP contribution < -0.4 is 5.32 Å². The number of nitrogens with one attached hydrogen (secondary N) is 1. The summed E-state index contributed by atoms with van der Waals surface area (Å²) in [5.41, 5.74) is 2.33. The van der Waals surface area contributed by atoms with E-state index < -0.39 is 24.3 Å². The number of aromatic nitrogens is 4. The van der Waals surface area contributed by atoms with Gasteiger partial charge in [0.05, 0.1) is 6.42 Å². The number of nitrogens with zero attached hydrogens (tertiary/aromatic N) is 4. The first-order valence-corrected chi connectivity index (χ1v) is 9.57. The molecule has 0 radical (unpaired) electrons. The molecule has 0 saturated carbocycles. The standard InChI is InChI=1S/C18H18FN5O3S/c1-10-14(11(2)24-17(20-10)22-18(23-24)28-3)8-16(26)27-9-15(25)21-13-6-4-5-12(19)7-13/h4-7H,8-9H2,1-3H3,(H,21,25). The van der Waals surface area contributed by atoms with Crippen LogP contribution in [0, 0.1) is 19.7 Å². The lowest BCUT2D eigenvalue weighted by Crippen LogP contribution is -2.22. The number of carbonyl (C=O) groups excluding carboxylic acids is 2. The highest BCUT2D eigenvalue weighted by Crippen LogP contribution is 2.17. The molecule has 28 heavy (non-hydrogen) atoms. The van der Waals surface area contributed by atoms with Gasteiger partial charge in [-0.1, -0.05) is 17.8 Å². The van der Waals surface area contributed by atoms with Crippen LogP contribution in [0.5, 0.6) is 0 Å².